The maximum Gasteiger partial charge on any atom is 0.319 e. The van der Waals surface area contributed by atoms with Gasteiger partial charge >= 0.3 is 6.03 Å². The number of para-hydroxylation sites is 1. The van der Waals surface area contributed by atoms with Crippen LogP contribution in [-0.4, -0.2) is 17.6 Å². The van der Waals surface area contributed by atoms with E-state index in [0.29, 0.717) is 6.54 Å². The van der Waals surface area contributed by atoms with Crippen LogP contribution < -0.4 is 10.6 Å². The summed E-state index contributed by atoms with van der Waals surface area (Å²) in [6, 6.07) is 11.4. The van der Waals surface area contributed by atoms with Crippen molar-refractivity contribution < 1.29 is 4.79 Å². The molecule has 0 aliphatic carbocycles. The number of halogens is 1. The number of hydrogen-bond donors (Lipinski definition) is 2. The van der Waals surface area contributed by atoms with Gasteiger partial charge in [0.15, 0.2) is 0 Å². The molecule has 0 fully saturated rings. The van der Waals surface area contributed by atoms with Gasteiger partial charge in [-0.15, -0.1) is 0 Å². The maximum atomic E-state index is 11.7. The van der Waals surface area contributed by atoms with Crippen molar-refractivity contribution in [3.8, 4) is 0 Å². The molecule has 1 aromatic heterocycles. The van der Waals surface area contributed by atoms with E-state index >= 15 is 0 Å². The first-order chi connectivity index (χ1) is 9.25. The van der Waals surface area contributed by atoms with Crippen molar-refractivity contribution in [2.75, 3.05) is 11.9 Å². The van der Waals surface area contributed by atoms with Crippen LogP contribution in [0.3, 0.4) is 0 Å². The van der Waals surface area contributed by atoms with Crippen LogP contribution in [0.5, 0.6) is 0 Å². The van der Waals surface area contributed by atoms with E-state index in [4.69, 9.17) is 0 Å². The molecular weight excluding hydrogens is 353 g/mol. The number of nitrogens with zero attached hydrogens (tertiary/aromatic N) is 1. The number of carbonyl (C=O) groups excluding carboxylic acids is 1. The van der Waals surface area contributed by atoms with Crippen molar-refractivity contribution in [3.05, 3.63) is 57.9 Å². The van der Waals surface area contributed by atoms with E-state index in [1.54, 1.807) is 12.4 Å². The van der Waals surface area contributed by atoms with Gasteiger partial charge in [0.25, 0.3) is 0 Å². The van der Waals surface area contributed by atoms with E-state index in [0.717, 1.165) is 21.2 Å². The molecule has 1 aromatic carbocycles. The summed E-state index contributed by atoms with van der Waals surface area (Å²) in [7, 11) is 0. The summed E-state index contributed by atoms with van der Waals surface area (Å²) < 4.78 is 1.02. The second-order valence-corrected chi connectivity index (χ2v) is 5.13. The Hall–Kier alpha value is -1.63. The molecule has 0 saturated heterocycles. The zero-order valence-corrected chi connectivity index (χ0v) is 12.4. The van der Waals surface area contributed by atoms with Gasteiger partial charge < -0.3 is 10.6 Å². The smallest absolute Gasteiger partial charge is 0.319 e. The highest BCUT2D eigenvalue weighted by atomic mass is 127. The van der Waals surface area contributed by atoms with Gasteiger partial charge in [-0.1, -0.05) is 18.2 Å². The number of carbonyl (C=O) groups is 1. The lowest BCUT2D eigenvalue weighted by atomic mass is 10.2. The van der Waals surface area contributed by atoms with Gasteiger partial charge in [-0.05, 0) is 52.8 Å². The summed E-state index contributed by atoms with van der Waals surface area (Å²) in [4.78, 5) is 15.7. The number of rotatable bonds is 4. The Morgan fingerprint density at radius 1 is 1.21 bits per heavy atom. The number of anilines is 1. The van der Waals surface area contributed by atoms with Crippen LogP contribution in [0, 0.1) is 3.57 Å². The van der Waals surface area contributed by atoms with Crippen molar-refractivity contribution in [1.29, 1.82) is 0 Å². The van der Waals surface area contributed by atoms with E-state index in [1.807, 2.05) is 36.4 Å². The molecule has 2 rings (SSSR count). The molecule has 0 bridgehead atoms. The fourth-order valence-corrected chi connectivity index (χ4v) is 2.12. The molecule has 0 radical (unpaired) electrons. The number of benzene rings is 1. The molecule has 0 aliphatic heterocycles. The van der Waals surface area contributed by atoms with Crippen molar-refractivity contribution in [3.63, 3.8) is 0 Å². The Bertz CT molecular complexity index is 545. The van der Waals surface area contributed by atoms with Crippen LogP contribution in [0.1, 0.15) is 5.56 Å². The Kier molecular flexibility index (Phi) is 5.14. The highest BCUT2D eigenvalue weighted by Gasteiger charge is 2.03. The molecule has 0 unspecified atom stereocenters. The molecule has 4 nitrogen and oxygen atoms in total. The van der Waals surface area contributed by atoms with Gasteiger partial charge in [-0.2, -0.15) is 0 Å². The lowest BCUT2D eigenvalue weighted by molar-refractivity contribution is 0.252. The van der Waals surface area contributed by atoms with Gasteiger partial charge in [0.1, 0.15) is 0 Å². The summed E-state index contributed by atoms with van der Waals surface area (Å²) >= 11 is 2.19. The molecule has 98 valence electrons. The number of amides is 2. The van der Waals surface area contributed by atoms with E-state index in [9.17, 15) is 4.79 Å². The molecule has 2 aromatic rings. The minimum atomic E-state index is -0.187. The molecular formula is C14H14IN3O. The number of hydrogen-bond acceptors (Lipinski definition) is 2. The highest BCUT2D eigenvalue weighted by Crippen LogP contribution is 2.16. The SMILES string of the molecule is O=C(NCCc1cccnc1)Nc1ccccc1I. The second-order valence-electron chi connectivity index (χ2n) is 3.97. The number of nitrogens with one attached hydrogen (secondary N) is 2. The third-order valence-electron chi connectivity index (χ3n) is 2.54. The fourth-order valence-electron chi connectivity index (χ4n) is 1.60. The molecule has 0 saturated carbocycles. The minimum absolute atomic E-state index is 0.187. The van der Waals surface area contributed by atoms with Crippen molar-refractivity contribution in [2.24, 2.45) is 0 Å². The lowest BCUT2D eigenvalue weighted by Crippen LogP contribution is -2.30. The minimum Gasteiger partial charge on any atom is -0.338 e. The Morgan fingerprint density at radius 3 is 2.79 bits per heavy atom. The van der Waals surface area contributed by atoms with Crippen molar-refractivity contribution >= 4 is 34.3 Å². The first-order valence-electron chi connectivity index (χ1n) is 5.94. The summed E-state index contributed by atoms with van der Waals surface area (Å²) in [6.07, 6.45) is 4.31. The first kappa shape index (κ1) is 13.8. The molecule has 0 spiro atoms. The van der Waals surface area contributed by atoms with E-state index in [-0.39, 0.29) is 6.03 Å². The Morgan fingerprint density at radius 2 is 2.05 bits per heavy atom. The zero-order chi connectivity index (χ0) is 13.5. The van der Waals surface area contributed by atoms with E-state index in [2.05, 4.69) is 38.2 Å². The van der Waals surface area contributed by atoms with Crippen LogP contribution >= 0.6 is 22.6 Å². The summed E-state index contributed by atoms with van der Waals surface area (Å²) in [5.74, 6) is 0. The Labute approximate surface area is 125 Å². The summed E-state index contributed by atoms with van der Waals surface area (Å²) in [6.45, 7) is 0.584. The number of pyridine rings is 1. The Balaban J connectivity index is 1.78. The van der Waals surface area contributed by atoms with Gasteiger partial charge in [-0.3, -0.25) is 4.98 Å². The maximum absolute atomic E-state index is 11.7. The quantitative estimate of drug-likeness (QED) is 0.817. The monoisotopic (exact) mass is 367 g/mol. The molecule has 2 amide bonds. The summed E-state index contributed by atoms with van der Waals surface area (Å²) in [5.41, 5.74) is 1.93. The normalized spacial score (nSPS) is 9.95. The molecule has 0 atom stereocenters. The van der Waals surface area contributed by atoms with Crippen LogP contribution in [-0.2, 0) is 6.42 Å². The zero-order valence-electron chi connectivity index (χ0n) is 10.3. The van der Waals surface area contributed by atoms with Gasteiger partial charge in [0, 0.05) is 22.5 Å². The largest absolute Gasteiger partial charge is 0.338 e. The summed E-state index contributed by atoms with van der Waals surface area (Å²) in [5, 5.41) is 5.65. The molecule has 5 heteroatoms. The van der Waals surface area contributed by atoms with Crippen LogP contribution in [0.4, 0.5) is 10.5 Å². The fraction of sp³-hybridized carbons (Fsp3) is 0.143. The average Bonchev–Trinajstić information content (AvgIpc) is 2.43. The average molecular weight is 367 g/mol. The van der Waals surface area contributed by atoms with E-state index in [1.165, 1.54) is 0 Å². The molecule has 2 N–H and O–H groups in total. The topological polar surface area (TPSA) is 54.0 Å². The van der Waals surface area contributed by atoms with Gasteiger partial charge in [0.2, 0.25) is 0 Å². The number of urea groups is 1. The van der Waals surface area contributed by atoms with Gasteiger partial charge in [0.05, 0.1) is 5.69 Å². The van der Waals surface area contributed by atoms with Crippen LogP contribution in [0.15, 0.2) is 48.8 Å². The van der Waals surface area contributed by atoms with Gasteiger partial charge in [-0.25, -0.2) is 4.79 Å². The van der Waals surface area contributed by atoms with Crippen LogP contribution in [0.25, 0.3) is 0 Å². The van der Waals surface area contributed by atoms with Crippen molar-refractivity contribution in [2.45, 2.75) is 6.42 Å². The predicted octanol–water partition coefficient (Wildman–Crippen LogP) is 3.05. The predicted molar refractivity (Wildman–Crippen MR) is 84.1 cm³/mol. The van der Waals surface area contributed by atoms with Crippen LogP contribution in [0.2, 0.25) is 0 Å². The van der Waals surface area contributed by atoms with E-state index < -0.39 is 0 Å². The first-order valence-corrected chi connectivity index (χ1v) is 7.02. The standard InChI is InChI=1S/C14H14IN3O/c15-12-5-1-2-6-13(12)18-14(19)17-9-7-11-4-3-8-16-10-11/h1-6,8,10H,7,9H2,(H2,17,18,19). The molecule has 1 heterocycles. The van der Waals surface area contributed by atoms with Crippen molar-refractivity contribution in [1.82, 2.24) is 10.3 Å². The second kappa shape index (κ2) is 7.08. The molecule has 0 aliphatic rings. The lowest BCUT2D eigenvalue weighted by Gasteiger charge is -2.08. The third-order valence-corrected chi connectivity index (χ3v) is 3.48. The highest BCUT2D eigenvalue weighted by molar-refractivity contribution is 14.1. The third kappa shape index (κ3) is 4.51. The molecule has 19 heavy (non-hydrogen) atoms. The number of aromatic nitrogens is 1.